The van der Waals surface area contributed by atoms with Crippen LogP contribution >= 0.6 is 27.7 Å². The number of halogens is 1. The molecule has 90 valence electrons. The van der Waals surface area contributed by atoms with Crippen molar-refractivity contribution in [3.8, 4) is 0 Å². The number of nitrogens with one attached hydrogen (secondary N) is 1. The monoisotopic (exact) mass is 301 g/mol. The summed E-state index contributed by atoms with van der Waals surface area (Å²) < 4.78 is 1.14. The maximum absolute atomic E-state index is 3.67. The Balaban J connectivity index is 2.56. The summed E-state index contributed by atoms with van der Waals surface area (Å²) in [6.07, 6.45) is 3.34. The van der Waals surface area contributed by atoms with E-state index >= 15 is 0 Å². The Labute approximate surface area is 112 Å². The van der Waals surface area contributed by atoms with Gasteiger partial charge in [0.2, 0.25) is 0 Å². The molecule has 0 spiro atoms. The zero-order chi connectivity index (χ0) is 12.0. The first-order valence-electron chi connectivity index (χ1n) is 5.67. The van der Waals surface area contributed by atoms with Crippen LogP contribution in [-0.2, 0) is 0 Å². The van der Waals surface area contributed by atoms with E-state index in [9.17, 15) is 0 Å². The van der Waals surface area contributed by atoms with Crippen LogP contribution in [0.3, 0.4) is 0 Å². The first-order chi connectivity index (χ1) is 7.67. The number of hydrogen-bond acceptors (Lipinski definition) is 2. The van der Waals surface area contributed by atoms with Crippen LogP contribution in [0.15, 0.2) is 28.7 Å². The zero-order valence-electron chi connectivity index (χ0n) is 10.2. The highest BCUT2D eigenvalue weighted by Gasteiger charge is 2.10. The van der Waals surface area contributed by atoms with E-state index in [-0.39, 0.29) is 0 Å². The molecule has 0 radical (unpaired) electrons. The van der Waals surface area contributed by atoms with Crippen LogP contribution in [0.2, 0.25) is 0 Å². The molecule has 1 nitrogen and oxygen atoms in total. The average Bonchev–Trinajstić information content (AvgIpc) is 2.29. The lowest BCUT2D eigenvalue weighted by Gasteiger charge is -2.22. The minimum absolute atomic E-state index is 0.421. The summed E-state index contributed by atoms with van der Waals surface area (Å²) >= 11 is 5.36. The van der Waals surface area contributed by atoms with Crippen molar-refractivity contribution in [3.63, 3.8) is 0 Å². The van der Waals surface area contributed by atoms with Crippen LogP contribution in [-0.4, -0.2) is 18.1 Å². The molecular weight excluding hydrogens is 282 g/mol. The summed E-state index contributed by atoms with van der Waals surface area (Å²) in [5.41, 5.74) is 1.35. The Morgan fingerprint density at radius 2 is 1.94 bits per heavy atom. The lowest BCUT2D eigenvalue weighted by molar-refractivity contribution is 0.475. The van der Waals surface area contributed by atoms with Gasteiger partial charge < -0.3 is 5.32 Å². The summed E-state index contributed by atoms with van der Waals surface area (Å²) in [7, 11) is 0. The summed E-state index contributed by atoms with van der Waals surface area (Å²) in [6.45, 7) is 4.47. The Kier molecular flexibility index (Phi) is 6.47. The van der Waals surface area contributed by atoms with E-state index in [1.807, 2.05) is 11.8 Å². The normalized spacial score (nSPS) is 14.8. The zero-order valence-corrected chi connectivity index (χ0v) is 12.6. The SMILES string of the molecule is CCC(CSC)NC(C)c1ccc(Br)cc1. The summed E-state index contributed by atoms with van der Waals surface area (Å²) in [4.78, 5) is 0. The summed E-state index contributed by atoms with van der Waals surface area (Å²) in [6, 6.07) is 9.58. The van der Waals surface area contributed by atoms with Crippen molar-refractivity contribution in [2.75, 3.05) is 12.0 Å². The van der Waals surface area contributed by atoms with Crippen LogP contribution in [0.25, 0.3) is 0 Å². The van der Waals surface area contributed by atoms with Crippen molar-refractivity contribution in [1.29, 1.82) is 0 Å². The smallest absolute Gasteiger partial charge is 0.0294 e. The third-order valence-electron chi connectivity index (χ3n) is 2.72. The second-order valence-electron chi connectivity index (χ2n) is 4.00. The van der Waals surface area contributed by atoms with Gasteiger partial charge in [0.1, 0.15) is 0 Å². The van der Waals surface area contributed by atoms with Crippen molar-refractivity contribution >= 4 is 27.7 Å². The quantitative estimate of drug-likeness (QED) is 0.843. The van der Waals surface area contributed by atoms with Gasteiger partial charge in [-0.1, -0.05) is 35.0 Å². The minimum Gasteiger partial charge on any atom is -0.307 e. The molecule has 0 amide bonds. The van der Waals surface area contributed by atoms with Crippen molar-refractivity contribution in [1.82, 2.24) is 5.32 Å². The van der Waals surface area contributed by atoms with E-state index < -0.39 is 0 Å². The molecule has 3 heteroatoms. The number of rotatable bonds is 6. The third kappa shape index (κ3) is 4.48. The maximum Gasteiger partial charge on any atom is 0.0294 e. The van der Waals surface area contributed by atoms with Crippen LogP contribution in [0, 0.1) is 0 Å². The fourth-order valence-corrected chi connectivity index (χ4v) is 2.68. The van der Waals surface area contributed by atoms with Gasteiger partial charge in [-0.3, -0.25) is 0 Å². The molecule has 0 aromatic heterocycles. The molecule has 1 aromatic rings. The van der Waals surface area contributed by atoms with E-state index in [0.29, 0.717) is 12.1 Å². The van der Waals surface area contributed by atoms with Gasteiger partial charge in [0.25, 0.3) is 0 Å². The van der Waals surface area contributed by atoms with Gasteiger partial charge in [0, 0.05) is 22.3 Å². The van der Waals surface area contributed by atoms with Crippen LogP contribution in [0.4, 0.5) is 0 Å². The number of hydrogen-bond donors (Lipinski definition) is 1. The molecule has 16 heavy (non-hydrogen) atoms. The summed E-state index contributed by atoms with van der Waals surface area (Å²) in [5, 5.41) is 3.67. The molecule has 0 fully saturated rings. The van der Waals surface area contributed by atoms with E-state index in [0.717, 1.165) is 4.47 Å². The molecule has 0 saturated heterocycles. The maximum atomic E-state index is 3.67. The van der Waals surface area contributed by atoms with E-state index in [2.05, 4.69) is 65.6 Å². The highest BCUT2D eigenvalue weighted by molar-refractivity contribution is 9.10. The molecule has 1 N–H and O–H groups in total. The second-order valence-corrected chi connectivity index (χ2v) is 5.83. The van der Waals surface area contributed by atoms with Gasteiger partial charge in [-0.2, -0.15) is 11.8 Å². The van der Waals surface area contributed by atoms with Gasteiger partial charge >= 0.3 is 0 Å². The molecule has 0 aliphatic heterocycles. The van der Waals surface area contributed by atoms with Crippen molar-refractivity contribution in [2.45, 2.75) is 32.4 Å². The topological polar surface area (TPSA) is 12.0 Å². The van der Waals surface area contributed by atoms with Gasteiger partial charge in [-0.15, -0.1) is 0 Å². The van der Waals surface area contributed by atoms with Gasteiger partial charge in [0.05, 0.1) is 0 Å². The highest BCUT2D eigenvalue weighted by atomic mass is 79.9. The average molecular weight is 302 g/mol. The molecule has 0 heterocycles. The lowest BCUT2D eigenvalue weighted by atomic mass is 10.1. The number of benzene rings is 1. The largest absolute Gasteiger partial charge is 0.307 e. The predicted molar refractivity (Wildman–Crippen MR) is 78.2 cm³/mol. The van der Waals surface area contributed by atoms with E-state index in [1.54, 1.807) is 0 Å². The van der Waals surface area contributed by atoms with Gasteiger partial charge in [0.15, 0.2) is 0 Å². The van der Waals surface area contributed by atoms with E-state index in [4.69, 9.17) is 0 Å². The minimum atomic E-state index is 0.421. The molecule has 0 aliphatic carbocycles. The molecule has 0 saturated carbocycles. The fraction of sp³-hybridized carbons (Fsp3) is 0.538. The molecule has 1 rings (SSSR count). The van der Waals surface area contributed by atoms with Crippen LogP contribution in [0.1, 0.15) is 31.9 Å². The van der Waals surface area contributed by atoms with E-state index in [1.165, 1.54) is 17.7 Å². The summed E-state index contributed by atoms with van der Waals surface area (Å²) in [5.74, 6) is 1.18. The first-order valence-corrected chi connectivity index (χ1v) is 7.86. The second kappa shape index (κ2) is 7.36. The highest BCUT2D eigenvalue weighted by Crippen LogP contribution is 2.17. The molecular formula is C13H20BrNS. The van der Waals surface area contributed by atoms with Gasteiger partial charge in [-0.05, 0) is 37.3 Å². The Morgan fingerprint density at radius 1 is 1.31 bits per heavy atom. The molecule has 2 atom stereocenters. The molecule has 1 aromatic carbocycles. The molecule has 0 aliphatic rings. The standard InChI is InChI=1S/C13H20BrNS/c1-4-13(9-16-3)15-10(2)11-5-7-12(14)8-6-11/h5-8,10,13,15H,4,9H2,1-3H3. The Morgan fingerprint density at radius 3 is 2.44 bits per heavy atom. The Bertz CT molecular complexity index is 299. The molecule has 0 bridgehead atoms. The lowest BCUT2D eigenvalue weighted by Crippen LogP contribution is -2.32. The number of thioether (sulfide) groups is 1. The van der Waals surface area contributed by atoms with Crippen LogP contribution in [0.5, 0.6) is 0 Å². The van der Waals surface area contributed by atoms with Gasteiger partial charge in [-0.25, -0.2) is 0 Å². The Hall–Kier alpha value is 0.01000. The van der Waals surface area contributed by atoms with Crippen molar-refractivity contribution in [3.05, 3.63) is 34.3 Å². The third-order valence-corrected chi connectivity index (χ3v) is 3.98. The van der Waals surface area contributed by atoms with Crippen molar-refractivity contribution in [2.24, 2.45) is 0 Å². The van der Waals surface area contributed by atoms with Crippen LogP contribution < -0.4 is 5.32 Å². The van der Waals surface area contributed by atoms with Crippen molar-refractivity contribution < 1.29 is 0 Å². The predicted octanol–water partition coefficient (Wildman–Crippen LogP) is 4.24. The first kappa shape index (κ1) is 14.1. The molecule has 2 unspecified atom stereocenters. The fourth-order valence-electron chi connectivity index (χ4n) is 1.69.